The van der Waals surface area contributed by atoms with Crippen LogP contribution in [0.5, 0.6) is 0 Å². The Labute approximate surface area is 127 Å². The molecule has 0 unspecified atom stereocenters. The van der Waals surface area contributed by atoms with Crippen molar-refractivity contribution in [3.63, 3.8) is 0 Å². The summed E-state index contributed by atoms with van der Waals surface area (Å²) in [6.45, 7) is 0.747. The van der Waals surface area contributed by atoms with Gasteiger partial charge in [-0.25, -0.2) is 13.1 Å². The van der Waals surface area contributed by atoms with Crippen molar-refractivity contribution >= 4 is 10.0 Å². The lowest BCUT2D eigenvalue weighted by Gasteiger charge is -2.22. The topological polar surface area (TPSA) is 58.2 Å². The summed E-state index contributed by atoms with van der Waals surface area (Å²) < 4.78 is 27.8. The Kier molecular flexibility index (Phi) is 4.62. The van der Waals surface area contributed by atoms with Gasteiger partial charge in [-0.2, -0.15) is 0 Å². The summed E-state index contributed by atoms with van der Waals surface area (Å²) in [5, 5.41) is 3.42. The van der Waals surface area contributed by atoms with Crippen molar-refractivity contribution in [3.8, 4) is 0 Å². The summed E-state index contributed by atoms with van der Waals surface area (Å²) >= 11 is 0. The largest absolute Gasteiger partial charge is 0.310 e. The number of rotatable bonds is 6. The van der Waals surface area contributed by atoms with E-state index in [1.54, 1.807) is 12.1 Å². The summed E-state index contributed by atoms with van der Waals surface area (Å²) in [5.74, 6) is 0. The third kappa shape index (κ3) is 4.28. The van der Waals surface area contributed by atoms with Crippen LogP contribution in [0, 0.1) is 0 Å². The van der Waals surface area contributed by atoms with E-state index >= 15 is 0 Å². The van der Waals surface area contributed by atoms with Crippen LogP contribution in [0.4, 0.5) is 0 Å². The molecule has 1 aromatic rings. The van der Waals surface area contributed by atoms with Gasteiger partial charge in [-0.3, -0.25) is 0 Å². The van der Waals surface area contributed by atoms with Crippen molar-refractivity contribution < 1.29 is 8.42 Å². The van der Waals surface area contributed by atoms with E-state index in [0.29, 0.717) is 10.9 Å². The van der Waals surface area contributed by atoms with Crippen molar-refractivity contribution in [2.75, 3.05) is 0 Å². The molecule has 21 heavy (non-hydrogen) atoms. The van der Waals surface area contributed by atoms with Gasteiger partial charge >= 0.3 is 0 Å². The van der Waals surface area contributed by atoms with Gasteiger partial charge < -0.3 is 5.32 Å². The fraction of sp³-hybridized carbons (Fsp3) is 0.625. The van der Waals surface area contributed by atoms with Crippen LogP contribution < -0.4 is 10.0 Å². The van der Waals surface area contributed by atoms with Crippen molar-refractivity contribution in [1.29, 1.82) is 0 Å². The van der Waals surface area contributed by atoms with E-state index in [9.17, 15) is 8.42 Å². The van der Waals surface area contributed by atoms with E-state index in [4.69, 9.17) is 0 Å². The molecule has 2 fully saturated rings. The molecular weight excluding hydrogens is 284 g/mol. The Morgan fingerprint density at radius 2 is 1.76 bits per heavy atom. The maximum atomic E-state index is 12.5. The second-order valence-electron chi connectivity index (χ2n) is 6.26. The van der Waals surface area contributed by atoms with Gasteiger partial charge in [0.1, 0.15) is 0 Å². The minimum absolute atomic E-state index is 0.108. The molecule has 0 spiro atoms. The predicted octanol–water partition coefficient (Wildman–Crippen LogP) is 2.55. The predicted molar refractivity (Wildman–Crippen MR) is 83.5 cm³/mol. The molecule has 4 nitrogen and oxygen atoms in total. The number of hydrogen-bond acceptors (Lipinski definition) is 3. The highest BCUT2D eigenvalue weighted by molar-refractivity contribution is 7.89. The van der Waals surface area contributed by atoms with Gasteiger partial charge in [0.05, 0.1) is 4.90 Å². The van der Waals surface area contributed by atoms with Crippen LogP contribution in [0.15, 0.2) is 29.2 Å². The molecule has 1 aromatic carbocycles. The zero-order chi connectivity index (χ0) is 14.7. The lowest BCUT2D eigenvalue weighted by atomic mass is 9.96. The quantitative estimate of drug-likeness (QED) is 0.849. The van der Waals surface area contributed by atoms with Crippen LogP contribution in [0.1, 0.15) is 50.5 Å². The molecular formula is C16H24N2O2S. The van der Waals surface area contributed by atoms with Crippen molar-refractivity contribution in [2.45, 2.75) is 68.5 Å². The standard InChI is InChI=1S/C16H24N2O2S/c19-21(20,18-15-6-2-1-3-7-15)16-8-4-5-13(11-16)12-17-14-9-10-14/h4-5,8,11,14-15,17-18H,1-3,6-7,9-10,12H2. The van der Waals surface area contributed by atoms with Gasteiger partial charge in [-0.05, 0) is 43.4 Å². The van der Waals surface area contributed by atoms with Gasteiger partial charge in [-0.1, -0.05) is 31.4 Å². The molecule has 0 aliphatic heterocycles. The summed E-state index contributed by atoms with van der Waals surface area (Å²) in [4.78, 5) is 0.392. The third-order valence-electron chi connectivity index (χ3n) is 4.31. The Bertz CT molecular complexity index is 576. The van der Waals surface area contributed by atoms with E-state index in [0.717, 1.165) is 37.8 Å². The van der Waals surface area contributed by atoms with Crippen molar-refractivity contribution in [3.05, 3.63) is 29.8 Å². The van der Waals surface area contributed by atoms with Gasteiger partial charge in [0, 0.05) is 18.6 Å². The molecule has 0 radical (unpaired) electrons. The van der Waals surface area contributed by atoms with E-state index in [1.165, 1.54) is 19.3 Å². The molecule has 5 heteroatoms. The second kappa shape index (κ2) is 6.46. The Hall–Kier alpha value is -0.910. The Balaban J connectivity index is 1.66. The molecule has 2 saturated carbocycles. The number of nitrogens with one attached hydrogen (secondary N) is 2. The van der Waals surface area contributed by atoms with Gasteiger partial charge in [0.15, 0.2) is 0 Å². The van der Waals surface area contributed by atoms with Crippen molar-refractivity contribution in [2.24, 2.45) is 0 Å². The smallest absolute Gasteiger partial charge is 0.240 e. The maximum Gasteiger partial charge on any atom is 0.240 e. The molecule has 0 bridgehead atoms. The average molecular weight is 308 g/mol. The highest BCUT2D eigenvalue weighted by Crippen LogP contribution is 2.21. The van der Waals surface area contributed by atoms with E-state index in [-0.39, 0.29) is 6.04 Å². The lowest BCUT2D eigenvalue weighted by Crippen LogP contribution is -2.36. The SMILES string of the molecule is O=S(=O)(NC1CCCCC1)c1cccc(CNC2CC2)c1. The first-order chi connectivity index (χ1) is 10.1. The first-order valence-electron chi connectivity index (χ1n) is 7.98. The zero-order valence-electron chi connectivity index (χ0n) is 12.3. The molecule has 116 valence electrons. The van der Waals surface area contributed by atoms with Gasteiger partial charge in [-0.15, -0.1) is 0 Å². The van der Waals surface area contributed by atoms with Crippen LogP contribution >= 0.6 is 0 Å². The molecule has 2 aliphatic carbocycles. The van der Waals surface area contributed by atoms with E-state index in [2.05, 4.69) is 10.0 Å². The molecule has 0 saturated heterocycles. The summed E-state index contributed by atoms with van der Waals surface area (Å²) in [6.07, 6.45) is 7.87. The number of benzene rings is 1. The summed E-state index contributed by atoms with van der Waals surface area (Å²) in [5.41, 5.74) is 1.04. The highest BCUT2D eigenvalue weighted by Gasteiger charge is 2.23. The average Bonchev–Trinajstić information content (AvgIpc) is 3.30. The minimum Gasteiger partial charge on any atom is -0.310 e. The van der Waals surface area contributed by atoms with Crippen LogP contribution in [0.25, 0.3) is 0 Å². The van der Waals surface area contributed by atoms with Crippen LogP contribution in [-0.2, 0) is 16.6 Å². The summed E-state index contributed by atoms with van der Waals surface area (Å²) in [7, 11) is -3.38. The van der Waals surface area contributed by atoms with Gasteiger partial charge in [0.2, 0.25) is 10.0 Å². The third-order valence-corrected chi connectivity index (χ3v) is 5.83. The number of sulfonamides is 1. The van der Waals surface area contributed by atoms with Crippen LogP contribution in [-0.4, -0.2) is 20.5 Å². The molecule has 2 aliphatic rings. The van der Waals surface area contributed by atoms with E-state index in [1.807, 2.05) is 12.1 Å². The molecule has 0 heterocycles. The molecule has 0 atom stereocenters. The van der Waals surface area contributed by atoms with E-state index < -0.39 is 10.0 Å². The van der Waals surface area contributed by atoms with Crippen LogP contribution in [0.3, 0.4) is 0 Å². The minimum atomic E-state index is -3.38. The maximum absolute atomic E-state index is 12.5. The fourth-order valence-electron chi connectivity index (χ4n) is 2.88. The summed E-state index contributed by atoms with van der Waals surface area (Å²) in [6, 6.07) is 8.03. The first kappa shape index (κ1) is 15.0. The highest BCUT2D eigenvalue weighted by atomic mass is 32.2. The zero-order valence-corrected chi connectivity index (χ0v) is 13.2. The molecule has 2 N–H and O–H groups in total. The Morgan fingerprint density at radius 3 is 2.48 bits per heavy atom. The first-order valence-corrected chi connectivity index (χ1v) is 9.46. The Morgan fingerprint density at radius 1 is 1.00 bits per heavy atom. The van der Waals surface area contributed by atoms with Crippen molar-refractivity contribution in [1.82, 2.24) is 10.0 Å². The van der Waals surface area contributed by atoms with Gasteiger partial charge in [0.25, 0.3) is 0 Å². The molecule has 3 rings (SSSR count). The number of hydrogen-bond donors (Lipinski definition) is 2. The monoisotopic (exact) mass is 308 g/mol. The molecule has 0 amide bonds. The lowest BCUT2D eigenvalue weighted by molar-refractivity contribution is 0.412. The second-order valence-corrected chi connectivity index (χ2v) is 7.97. The normalized spacial score (nSPS) is 20.6. The molecule has 0 aromatic heterocycles. The van der Waals surface area contributed by atoms with Crippen LogP contribution in [0.2, 0.25) is 0 Å². The fourth-order valence-corrected chi connectivity index (χ4v) is 4.26.